The van der Waals surface area contributed by atoms with Crippen molar-refractivity contribution in [3.8, 4) is 0 Å². The predicted molar refractivity (Wildman–Crippen MR) is 63.2 cm³/mol. The van der Waals surface area contributed by atoms with E-state index in [2.05, 4.69) is 27.8 Å². The van der Waals surface area contributed by atoms with Crippen molar-refractivity contribution >= 4 is 15.9 Å². The predicted octanol–water partition coefficient (Wildman–Crippen LogP) is 3.57. The lowest BCUT2D eigenvalue weighted by atomic mass is 10.2. The number of hydrogen-bond donors (Lipinski definition) is 0. The molecule has 0 N–H and O–H groups in total. The zero-order valence-corrected chi connectivity index (χ0v) is 10.4. The van der Waals surface area contributed by atoms with Crippen LogP contribution in [0.25, 0.3) is 0 Å². The van der Waals surface area contributed by atoms with Crippen molar-refractivity contribution in [3.05, 3.63) is 34.1 Å². The summed E-state index contributed by atoms with van der Waals surface area (Å²) >= 11 is 3.32. The first-order valence-corrected chi connectivity index (χ1v) is 6.17. The van der Waals surface area contributed by atoms with Gasteiger partial charge in [-0.15, -0.1) is 0 Å². The van der Waals surface area contributed by atoms with Crippen LogP contribution in [0.2, 0.25) is 0 Å². The molecule has 0 aliphatic heterocycles. The minimum Gasteiger partial charge on any atom is -0.296 e. The molecule has 0 amide bonds. The van der Waals surface area contributed by atoms with E-state index in [0.29, 0.717) is 0 Å². The van der Waals surface area contributed by atoms with Crippen molar-refractivity contribution in [3.63, 3.8) is 0 Å². The number of nitrogens with zero attached hydrogens (tertiary/aromatic N) is 1. The second kappa shape index (κ2) is 4.62. The summed E-state index contributed by atoms with van der Waals surface area (Å²) in [6, 6.07) is 5.85. The molecule has 1 aromatic carbocycles. The summed E-state index contributed by atoms with van der Waals surface area (Å²) in [6.45, 7) is 4.06. The van der Waals surface area contributed by atoms with Crippen molar-refractivity contribution in [1.82, 2.24) is 4.90 Å². The highest BCUT2D eigenvalue weighted by atomic mass is 79.9. The van der Waals surface area contributed by atoms with Crippen LogP contribution in [-0.2, 0) is 6.54 Å². The Morgan fingerprint density at radius 3 is 2.67 bits per heavy atom. The smallest absolute Gasteiger partial charge is 0.124 e. The van der Waals surface area contributed by atoms with E-state index in [9.17, 15) is 4.39 Å². The molecule has 1 aliphatic rings. The SMILES string of the molecule is CCN(Cc1cc(F)cc(Br)c1)C1CC1. The van der Waals surface area contributed by atoms with E-state index in [1.165, 1.54) is 18.9 Å². The van der Waals surface area contributed by atoms with Crippen LogP contribution in [0.5, 0.6) is 0 Å². The molecule has 0 heterocycles. The summed E-state index contributed by atoms with van der Waals surface area (Å²) in [7, 11) is 0. The lowest BCUT2D eigenvalue weighted by molar-refractivity contribution is 0.269. The third kappa shape index (κ3) is 3.02. The first-order valence-electron chi connectivity index (χ1n) is 5.38. The van der Waals surface area contributed by atoms with Gasteiger partial charge in [0.2, 0.25) is 0 Å². The van der Waals surface area contributed by atoms with E-state index in [4.69, 9.17) is 0 Å². The van der Waals surface area contributed by atoms with Crippen molar-refractivity contribution in [2.75, 3.05) is 6.54 Å². The molecule has 1 nitrogen and oxygen atoms in total. The third-order valence-corrected chi connectivity index (χ3v) is 3.24. The molecular formula is C12H15BrFN. The van der Waals surface area contributed by atoms with Gasteiger partial charge in [0, 0.05) is 17.1 Å². The Morgan fingerprint density at radius 2 is 2.13 bits per heavy atom. The Bertz CT molecular complexity index is 329. The molecule has 2 rings (SSSR count). The van der Waals surface area contributed by atoms with Crippen LogP contribution in [0, 0.1) is 5.82 Å². The lowest BCUT2D eigenvalue weighted by Gasteiger charge is -2.19. The minimum absolute atomic E-state index is 0.161. The van der Waals surface area contributed by atoms with Crippen LogP contribution >= 0.6 is 15.9 Å². The van der Waals surface area contributed by atoms with Crippen molar-refractivity contribution < 1.29 is 4.39 Å². The molecule has 0 saturated heterocycles. The van der Waals surface area contributed by atoms with E-state index in [1.54, 1.807) is 6.07 Å². The van der Waals surface area contributed by atoms with Crippen LogP contribution in [-0.4, -0.2) is 17.5 Å². The highest BCUT2D eigenvalue weighted by Crippen LogP contribution is 2.28. The first kappa shape index (κ1) is 11.1. The summed E-state index contributed by atoms with van der Waals surface area (Å²) in [5.41, 5.74) is 1.05. The Labute approximate surface area is 98.4 Å². The van der Waals surface area contributed by atoms with Gasteiger partial charge in [-0.2, -0.15) is 0 Å². The van der Waals surface area contributed by atoms with Gasteiger partial charge in [0.1, 0.15) is 5.82 Å². The average molecular weight is 272 g/mol. The van der Waals surface area contributed by atoms with Crippen LogP contribution in [0.4, 0.5) is 4.39 Å². The van der Waals surface area contributed by atoms with Crippen LogP contribution in [0.3, 0.4) is 0 Å². The van der Waals surface area contributed by atoms with E-state index >= 15 is 0 Å². The Hall–Kier alpha value is -0.410. The number of hydrogen-bond acceptors (Lipinski definition) is 1. The summed E-state index contributed by atoms with van der Waals surface area (Å²) in [5, 5.41) is 0. The summed E-state index contributed by atoms with van der Waals surface area (Å²) in [4.78, 5) is 2.40. The molecule has 0 aromatic heterocycles. The topological polar surface area (TPSA) is 3.24 Å². The molecule has 1 aromatic rings. The van der Waals surface area contributed by atoms with E-state index in [1.807, 2.05) is 6.07 Å². The average Bonchev–Trinajstić information content (AvgIpc) is 2.95. The third-order valence-electron chi connectivity index (χ3n) is 2.78. The summed E-state index contributed by atoms with van der Waals surface area (Å²) in [5.74, 6) is -0.161. The summed E-state index contributed by atoms with van der Waals surface area (Å²) < 4.78 is 14.0. The standard InChI is InChI=1S/C12H15BrFN/c1-2-15(12-3-4-12)8-9-5-10(13)7-11(14)6-9/h5-7,12H,2-4,8H2,1H3. The molecule has 1 aliphatic carbocycles. The first-order chi connectivity index (χ1) is 7.19. The van der Waals surface area contributed by atoms with E-state index < -0.39 is 0 Å². The molecule has 3 heteroatoms. The van der Waals surface area contributed by atoms with Crippen LogP contribution in [0.15, 0.2) is 22.7 Å². The van der Waals surface area contributed by atoms with E-state index in [-0.39, 0.29) is 5.82 Å². The fourth-order valence-electron chi connectivity index (χ4n) is 1.88. The van der Waals surface area contributed by atoms with Crippen LogP contribution < -0.4 is 0 Å². The maximum atomic E-state index is 13.2. The lowest BCUT2D eigenvalue weighted by Crippen LogP contribution is -2.25. The quantitative estimate of drug-likeness (QED) is 0.809. The molecular weight excluding hydrogens is 257 g/mol. The second-order valence-corrected chi connectivity index (χ2v) is 4.99. The molecule has 1 saturated carbocycles. The molecule has 0 unspecified atom stereocenters. The highest BCUT2D eigenvalue weighted by molar-refractivity contribution is 9.10. The van der Waals surface area contributed by atoms with Gasteiger partial charge in [-0.25, -0.2) is 4.39 Å². The normalized spacial score (nSPS) is 16.0. The van der Waals surface area contributed by atoms with Crippen molar-refractivity contribution in [2.24, 2.45) is 0 Å². The van der Waals surface area contributed by atoms with Gasteiger partial charge in [0.15, 0.2) is 0 Å². The van der Waals surface area contributed by atoms with Gasteiger partial charge in [-0.1, -0.05) is 22.9 Å². The zero-order chi connectivity index (χ0) is 10.8. The summed E-state index contributed by atoms with van der Waals surface area (Å²) in [6.07, 6.45) is 2.59. The molecule has 0 spiro atoms. The van der Waals surface area contributed by atoms with Gasteiger partial charge < -0.3 is 0 Å². The maximum Gasteiger partial charge on any atom is 0.124 e. The van der Waals surface area contributed by atoms with Crippen molar-refractivity contribution in [1.29, 1.82) is 0 Å². The van der Waals surface area contributed by atoms with Gasteiger partial charge in [-0.3, -0.25) is 4.90 Å². The molecule has 82 valence electrons. The fraction of sp³-hybridized carbons (Fsp3) is 0.500. The van der Waals surface area contributed by atoms with E-state index in [0.717, 1.165) is 29.2 Å². The van der Waals surface area contributed by atoms with Gasteiger partial charge >= 0.3 is 0 Å². The van der Waals surface area contributed by atoms with Gasteiger partial charge in [0.05, 0.1) is 0 Å². The highest BCUT2D eigenvalue weighted by Gasteiger charge is 2.27. The number of rotatable bonds is 4. The second-order valence-electron chi connectivity index (χ2n) is 4.07. The monoisotopic (exact) mass is 271 g/mol. The molecule has 0 radical (unpaired) electrons. The maximum absolute atomic E-state index is 13.2. The largest absolute Gasteiger partial charge is 0.296 e. The molecule has 0 bridgehead atoms. The zero-order valence-electron chi connectivity index (χ0n) is 8.84. The number of halogens is 2. The van der Waals surface area contributed by atoms with Crippen molar-refractivity contribution in [2.45, 2.75) is 32.4 Å². The fourth-order valence-corrected chi connectivity index (χ4v) is 2.39. The Kier molecular flexibility index (Phi) is 3.42. The Morgan fingerprint density at radius 1 is 1.40 bits per heavy atom. The Balaban J connectivity index is 2.08. The molecule has 0 atom stereocenters. The van der Waals surface area contributed by atoms with Gasteiger partial charge in [0.25, 0.3) is 0 Å². The minimum atomic E-state index is -0.161. The van der Waals surface area contributed by atoms with Crippen LogP contribution in [0.1, 0.15) is 25.3 Å². The van der Waals surface area contributed by atoms with Gasteiger partial charge in [-0.05, 0) is 43.1 Å². The molecule has 1 fully saturated rings. The molecule has 15 heavy (non-hydrogen) atoms. The number of benzene rings is 1.